The van der Waals surface area contributed by atoms with Gasteiger partial charge in [0.2, 0.25) is 0 Å². The Labute approximate surface area is 84.2 Å². The van der Waals surface area contributed by atoms with Crippen LogP contribution in [-0.4, -0.2) is 9.97 Å². The quantitative estimate of drug-likeness (QED) is 0.686. The van der Waals surface area contributed by atoms with E-state index in [1.54, 1.807) is 0 Å². The van der Waals surface area contributed by atoms with Crippen molar-refractivity contribution in [1.29, 1.82) is 0 Å². The average molecular weight is 269 g/mol. The van der Waals surface area contributed by atoms with E-state index in [-0.39, 0.29) is 0 Å². The molecule has 12 heavy (non-hydrogen) atoms. The second kappa shape index (κ2) is 2.97. The summed E-state index contributed by atoms with van der Waals surface area (Å²) in [5.74, 6) is 0. The van der Waals surface area contributed by atoms with E-state index in [1.165, 1.54) is 15.5 Å². The molecular formula is C9H6IN2. The molecule has 0 N–H and O–H groups in total. The molecule has 0 unspecified atom stereocenters. The van der Waals surface area contributed by atoms with E-state index in [0.717, 1.165) is 10.9 Å². The van der Waals surface area contributed by atoms with E-state index in [2.05, 4.69) is 44.8 Å². The summed E-state index contributed by atoms with van der Waals surface area (Å²) in [5.41, 5.74) is 2.17. The van der Waals surface area contributed by atoms with Gasteiger partial charge < -0.3 is 0 Å². The second-order valence-electron chi connectivity index (χ2n) is 2.60. The number of halogens is 1. The molecule has 2 rings (SSSR count). The fourth-order valence-electron chi connectivity index (χ4n) is 1.18. The highest BCUT2D eigenvalue weighted by atomic mass is 127. The van der Waals surface area contributed by atoms with Gasteiger partial charge in [0.1, 0.15) is 12.5 Å². The molecular weight excluding hydrogens is 263 g/mol. The van der Waals surface area contributed by atoms with Crippen molar-refractivity contribution in [3.8, 4) is 0 Å². The highest BCUT2D eigenvalue weighted by molar-refractivity contribution is 14.1. The van der Waals surface area contributed by atoms with Gasteiger partial charge >= 0.3 is 0 Å². The molecule has 0 spiro atoms. The van der Waals surface area contributed by atoms with Gasteiger partial charge in [-0.2, -0.15) is 0 Å². The predicted octanol–water partition coefficient (Wildman–Crippen LogP) is 2.34. The van der Waals surface area contributed by atoms with Gasteiger partial charge in [0.15, 0.2) is 0 Å². The highest BCUT2D eigenvalue weighted by Gasteiger charge is 1.99. The Bertz CT molecular complexity index is 426. The molecule has 1 aromatic heterocycles. The van der Waals surface area contributed by atoms with Crippen LogP contribution in [0.4, 0.5) is 0 Å². The van der Waals surface area contributed by atoms with E-state index in [0.29, 0.717) is 0 Å². The fourth-order valence-corrected chi connectivity index (χ4v) is 1.96. The Morgan fingerprint density at radius 2 is 2.25 bits per heavy atom. The SMILES string of the molecule is Cc1cc(I)cc2[c]ncnc12. The molecule has 0 saturated heterocycles. The standard InChI is InChI=1S/C9H6IN2/c1-6-2-8(10)3-7-4-11-5-12-9(6)7/h2-3,5H,1H3. The molecule has 0 aliphatic heterocycles. The maximum Gasteiger partial charge on any atom is 0.116 e. The van der Waals surface area contributed by atoms with Gasteiger partial charge in [0.25, 0.3) is 0 Å². The van der Waals surface area contributed by atoms with Crippen LogP contribution in [-0.2, 0) is 0 Å². The minimum Gasteiger partial charge on any atom is -0.236 e. The summed E-state index contributed by atoms with van der Waals surface area (Å²) in [6.45, 7) is 2.05. The average Bonchev–Trinajstić information content (AvgIpc) is 2.04. The van der Waals surface area contributed by atoms with Crippen molar-refractivity contribution in [2.75, 3.05) is 0 Å². The van der Waals surface area contributed by atoms with Gasteiger partial charge in [-0.05, 0) is 47.2 Å². The van der Waals surface area contributed by atoms with Crippen molar-refractivity contribution in [2.45, 2.75) is 6.92 Å². The van der Waals surface area contributed by atoms with Gasteiger partial charge in [-0.15, -0.1) is 0 Å². The molecule has 0 amide bonds. The van der Waals surface area contributed by atoms with E-state index in [1.807, 2.05) is 13.0 Å². The van der Waals surface area contributed by atoms with E-state index < -0.39 is 0 Å². The van der Waals surface area contributed by atoms with Gasteiger partial charge in [0.05, 0.1) is 5.52 Å². The summed E-state index contributed by atoms with van der Waals surface area (Å²) in [6.07, 6.45) is 4.45. The van der Waals surface area contributed by atoms with Gasteiger partial charge in [-0.1, -0.05) is 0 Å². The maximum absolute atomic E-state index is 4.18. The van der Waals surface area contributed by atoms with Gasteiger partial charge in [0, 0.05) is 8.96 Å². The minimum atomic E-state index is 0.988. The Morgan fingerprint density at radius 3 is 3.08 bits per heavy atom. The largest absolute Gasteiger partial charge is 0.236 e. The molecule has 3 heteroatoms. The molecule has 2 nitrogen and oxygen atoms in total. The molecule has 0 atom stereocenters. The van der Waals surface area contributed by atoms with Crippen molar-refractivity contribution in [2.24, 2.45) is 0 Å². The Balaban J connectivity index is 2.89. The van der Waals surface area contributed by atoms with Crippen molar-refractivity contribution in [3.63, 3.8) is 0 Å². The zero-order valence-corrected chi connectivity index (χ0v) is 8.66. The van der Waals surface area contributed by atoms with Crippen LogP contribution < -0.4 is 0 Å². The summed E-state index contributed by atoms with van der Waals surface area (Å²) in [7, 11) is 0. The molecule has 0 bridgehead atoms. The molecule has 59 valence electrons. The first-order valence-electron chi connectivity index (χ1n) is 3.56. The van der Waals surface area contributed by atoms with Crippen molar-refractivity contribution in [1.82, 2.24) is 9.97 Å². The van der Waals surface area contributed by atoms with Gasteiger partial charge in [-0.25, -0.2) is 9.97 Å². The number of hydrogen-bond acceptors (Lipinski definition) is 2. The first-order valence-corrected chi connectivity index (χ1v) is 4.64. The second-order valence-corrected chi connectivity index (χ2v) is 3.85. The first-order chi connectivity index (χ1) is 5.77. The molecule has 2 aromatic rings. The summed E-state index contributed by atoms with van der Waals surface area (Å²) in [6, 6.07) is 4.13. The number of hydrogen-bond donors (Lipinski definition) is 0. The lowest BCUT2D eigenvalue weighted by molar-refractivity contribution is 1.20. The van der Waals surface area contributed by atoms with Crippen molar-refractivity contribution < 1.29 is 0 Å². The van der Waals surface area contributed by atoms with E-state index >= 15 is 0 Å². The van der Waals surface area contributed by atoms with Gasteiger partial charge in [-0.3, -0.25) is 0 Å². The predicted molar refractivity (Wildman–Crippen MR) is 55.8 cm³/mol. The number of aromatic nitrogens is 2. The first kappa shape index (κ1) is 7.91. The number of benzene rings is 1. The Hall–Kier alpha value is -0.710. The lowest BCUT2D eigenvalue weighted by Crippen LogP contribution is -1.86. The number of fused-ring (bicyclic) bond motifs is 1. The van der Waals surface area contributed by atoms with Crippen LogP contribution in [0.25, 0.3) is 10.9 Å². The maximum atomic E-state index is 4.18. The Morgan fingerprint density at radius 1 is 1.42 bits per heavy atom. The number of rotatable bonds is 0. The topological polar surface area (TPSA) is 25.8 Å². The summed E-state index contributed by atoms with van der Waals surface area (Å²) < 4.78 is 1.20. The summed E-state index contributed by atoms with van der Waals surface area (Å²) in [4.78, 5) is 8.03. The molecule has 1 radical (unpaired) electrons. The number of aryl methyl sites for hydroxylation is 1. The monoisotopic (exact) mass is 269 g/mol. The molecule has 0 fully saturated rings. The molecule has 0 aliphatic rings. The smallest absolute Gasteiger partial charge is 0.116 e. The zero-order chi connectivity index (χ0) is 8.55. The fraction of sp³-hybridized carbons (Fsp3) is 0.111. The third-order valence-corrected chi connectivity index (χ3v) is 2.32. The Kier molecular flexibility index (Phi) is 1.96. The van der Waals surface area contributed by atoms with E-state index in [4.69, 9.17) is 0 Å². The lowest BCUT2D eigenvalue weighted by atomic mass is 10.1. The third-order valence-electron chi connectivity index (χ3n) is 1.69. The molecule has 0 saturated carbocycles. The van der Waals surface area contributed by atoms with Crippen LogP contribution >= 0.6 is 22.6 Å². The highest BCUT2D eigenvalue weighted by Crippen LogP contribution is 2.17. The zero-order valence-electron chi connectivity index (χ0n) is 6.50. The van der Waals surface area contributed by atoms with Crippen molar-refractivity contribution in [3.05, 3.63) is 33.8 Å². The van der Waals surface area contributed by atoms with Crippen LogP contribution in [0.2, 0.25) is 0 Å². The molecule has 0 aliphatic carbocycles. The van der Waals surface area contributed by atoms with E-state index in [9.17, 15) is 0 Å². The molecule has 1 aromatic carbocycles. The van der Waals surface area contributed by atoms with Crippen LogP contribution in [0.15, 0.2) is 18.5 Å². The minimum absolute atomic E-state index is 0.988. The summed E-state index contributed by atoms with van der Waals surface area (Å²) >= 11 is 2.28. The summed E-state index contributed by atoms with van der Waals surface area (Å²) in [5, 5.41) is 0.988. The number of nitrogens with zero attached hydrogens (tertiary/aromatic N) is 2. The third kappa shape index (κ3) is 1.29. The van der Waals surface area contributed by atoms with Crippen LogP contribution in [0.3, 0.4) is 0 Å². The van der Waals surface area contributed by atoms with Crippen LogP contribution in [0.5, 0.6) is 0 Å². The normalized spacial score (nSPS) is 10.5. The van der Waals surface area contributed by atoms with Crippen molar-refractivity contribution >= 4 is 33.5 Å². The van der Waals surface area contributed by atoms with Crippen LogP contribution in [0, 0.1) is 16.7 Å². The molecule has 1 heterocycles. The lowest BCUT2D eigenvalue weighted by Gasteiger charge is -1.99. The van der Waals surface area contributed by atoms with Crippen LogP contribution in [0.1, 0.15) is 5.56 Å².